The molecule has 0 saturated heterocycles. The Balaban J connectivity index is 2.65. The Bertz CT molecular complexity index is 738. The van der Waals surface area contributed by atoms with Crippen molar-refractivity contribution in [2.75, 3.05) is 5.73 Å². The molecule has 0 aliphatic heterocycles. The largest absolute Gasteiger partial charge is 0.416 e. The molecular formula is C13H10F3N3O2. The van der Waals surface area contributed by atoms with Gasteiger partial charge in [-0.1, -0.05) is 12.1 Å². The molecule has 2 rings (SSSR count). The molecule has 1 aromatic heterocycles. The quantitative estimate of drug-likeness (QED) is 0.875. The fourth-order valence-electron chi connectivity index (χ4n) is 1.82. The topological polar surface area (TPSA) is 78.0 Å². The molecule has 0 saturated carbocycles. The monoisotopic (exact) mass is 297 g/mol. The number of aromatic nitrogens is 2. The highest BCUT2D eigenvalue weighted by atomic mass is 19.4. The lowest BCUT2D eigenvalue weighted by atomic mass is 10.1. The summed E-state index contributed by atoms with van der Waals surface area (Å²) in [4.78, 5) is 26.4. The average molecular weight is 297 g/mol. The Morgan fingerprint density at radius 3 is 2.67 bits per heavy atom. The van der Waals surface area contributed by atoms with Crippen molar-refractivity contribution in [2.45, 2.75) is 12.7 Å². The van der Waals surface area contributed by atoms with Crippen molar-refractivity contribution in [1.82, 2.24) is 9.55 Å². The first-order chi connectivity index (χ1) is 9.84. The number of nitrogens with zero attached hydrogens (tertiary/aromatic N) is 2. The van der Waals surface area contributed by atoms with E-state index in [4.69, 9.17) is 5.73 Å². The minimum absolute atomic E-state index is 0.0487. The van der Waals surface area contributed by atoms with Crippen LogP contribution in [0.15, 0.2) is 35.3 Å². The lowest BCUT2D eigenvalue weighted by Gasteiger charge is -2.12. The third kappa shape index (κ3) is 2.93. The predicted octanol–water partition coefficient (Wildman–Crippen LogP) is 1.71. The summed E-state index contributed by atoms with van der Waals surface area (Å²) in [6.45, 7) is -0.345. The first kappa shape index (κ1) is 14.8. The van der Waals surface area contributed by atoms with Gasteiger partial charge >= 0.3 is 6.18 Å². The molecule has 110 valence electrons. The Morgan fingerprint density at radius 2 is 2.05 bits per heavy atom. The van der Waals surface area contributed by atoms with Crippen molar-refractivity contribution in [3.63, 3.8) is 0 Å². The number of hydrogen-bond donors (Lipinski definition) is 1. The number of nitrogen functional groups attached to an aromatic ring is 1. The van der Waals surface area contributed by atoms with Crippen LogP contribution in [0.5, 0.6) is 0 Å². The van der Waals surface area contributed by atoms with Gasteiger partial charge in [0.1, 0.15) is 17.8 Å². The molecule has 0 spiro atoms. The van der Waals surface area contributed by atoms with Crippen LogP contribution in [-0.4, -0.2) is 15.8 Å². The lowest BCUT2D eigenvalue weighted by Crippen LogP contribution is -2.26. The number of nitrogens with two attached hydrogens (primary N) is 1. The van der Waals surface area contributed by atoms with Gasteiger partial charge in [0, 0.05) is 5.56 Å². The van der Waals surface area contributed by atoms with Crippen LogP contribution in [0.1, 0.15) is 5.56 Å². The van der Waals surface area contributed by atoms with E-state index in [9.17, 15) is 22.8 Å². The summed E-state index contributed by atoms with van der Waals surface area (Å²) in [5.41, 5.74) is 3.74. The van der Waals surface area contributed by atoms with Crippen LogP contribution in [0.3, 0.4) is 0 Å². The Hall–Kier alpha value is -2.64. The van der Waals surface area contributed by atoms with Crippen LogP contribution in [0, 0.1) is 0 Å². The maximum atomic E-state index is 12.7. The number of halogens is 3. The van der Waals surface area contributed by atoms with Gasteiger partial charge < -0.3 is 10.5 Å². The molecule has 1 heterocycles. The number of hydrogen-bond acceptors (Lipinski definition) is 4. The smallest absolute Gasteiger partial charge is 0.393 e. The van der Waals surface area contributed by atoms with Gasteiger partial charge in [-0.2, -0.15) is 13.2 Å². The van der Waals surface area contributed by atoms with Crippen LogP contribution in [-0.2, 0) is 17.5 Å². The Labute approximate surface area is 116 Å². The minimum atomic E-state index is -4.51. The van der Waals surface area contributed by atoms with Crippen LogP contribution in [0.2, 0.25) is 0 Å². The number of carbonyl (C=O) groups excluding carboxylic acids is 1. The van der Waals surface area contributed by atoms with E-state index in [0.717, 1.165) is 22.9 Å². The maximum absolute atomic E-state index is 12.7. The molecule has 2 N–H and O–H groups in total. The van der Waals surface area contributed by atoms with Crippen molar-refractivity contribution in [1.29, 1.82) is 0 Å². The first-order valence-corrected chi connectivity index (χ1v) is 5.81. The highest BCUT2D eigenvalue weighted by Crippen LogP contribution is 2.31. The second kappa shape index (κ2) is 5.39. The number of alkyl halides is 3. The number of aldehydes is 1. The molecular weight excluding hydrogens is 287 g/mol. The van der Waals surface area contributed by atoms with Gasteiger partial charge in [0.05, 0.1) is 18.3 Å². The van der Waals surface area contributed by atoms with Gasteiger partial charge in [0.25, 0.3) is 5.56 Å². The molecule has 0 aliphatic carbocycles. The summed E-state index contributed by atoms with van der Waals surface area (Å²) in [7, 11) is 0. The molecule has 21 heavy (non-hydrogen) atoms. The molecule has 0 unspecified atom stereocenters. The molecule has 8 heteroatoms. The van der Waals surface area contributed by atoms with Crippen LogP contribution >= 0.6 is 0 Å². The molecule has 0 fully saturated rings. The van der Waals surface area contributed by atoms with Crippen molar-refractivity contribution < 1.29 is 18.0 Å². The van der Waals surface area contributed by atoms with E-state index >= 15 is 0 Å². The normalized spacial score (nSPS) is 11.4. The van der Waals surface area contributed by atoms with Gasteiger partial charge in [0.2, 0.25) is 0 Å². The third-order valence-electron chi connectivity index (χ3n) is 2.78. The number of carbonyl (C=O) groups is 1. The van der Waals surface area contributed by atoms with Crippen LogP contribution < -0.4 is 11.3 Å². The summed E-state index contributed by atoms with van der Waals surface area (Å²) < 4.78 is 39.1. The molecule has 5 nitrogen and oxygen atoms in total. The van der Waals surface area contributed by atoms with Gasteiger partial charge in [-0.05, 0) is 12.1 Å². The molecule has 0 amide bonds. The number of rotatable bonds is 3. The predicted molar refractivity (Wildman–Crippen MR) is 69.4 cm³/mol. The fourth-order valence-corrected chi connectivity index (χ4v) is 1.82. The van der Waals surface area contributed by atoms with Crippen molar-refractivity contribution in [3.8, 4) is 11.4 Å². The Kier molecular flexibility index (Phi) is 3.79. The van der Waals surface area contributed by atoms with E-state index in [0.29, 0.717) is 6.29 Å². The third-order valence-corrected chi connectivity index (χ3v) is 2.78. The first-order valence-electron chi connectivity index (χ1n) is 5.81. The molecule has 0 bridgehead atoms. The van der Waals surface area contributed by atoms with E-state index in [1.807, 2.05) is 0 Å². The molecule has 0 atom stereocenters. The zero-order chi connectivity index (χ0) is 15.6. The van der Waals surface area contributed by atoms with E-state index < -0.39 is 17.3 Å². The second-order valence-electron chi connectivity index (χ2n) is 4.20. The molecule has 2 aromatic rings. The minimum Gasteiger partial charge on any atom is -0.393 e. The summed E-state index contributed by atoms with van der Waals surface area (Å²) >= 11 is 0. The van der Waals surface area contributed by atoms with E-state index in [-0.39, 0.29) is 23.6 Å². The van der Waals surface area contributed by atoms with Crippen LogP contribution in [0.25, 0.3) is 11.4 Å². The molecule has 0 radical (unpaired) electrons. The van der Waals surface area contributed by atoms with E-state index in [1.54, 1.807) is 0 Å². The Morgan fingerprint density at radius 1 is 1.33 bits per heavy atom. The van der Waals surface area contributed by atoms with Gasteiger partial charge in [-0.25, -0.2) is 4.98 Å². The highest BCUT2D eigenvalue weighted by molar-refractivity contribution is 5.60. The number of anilines is 1. The van der Waals surface area contributed by atoms with E-state index in [2.05, 4.69) is 4.98 Å². The maximum Gasteiger partial charge on any atom is 0.416 e. The van der Waals surface area contributed by atoms with Crippen molar-refractivity contribution in [2.24, 2.45) is 0 Å². The van der Waals surface area contributed by atoms with Gasteiger partial charge in [-0.3, -0.25) is 9.36 Å². The fraction of sp³-hybridized carbons (Fsp3) is 0.154. The van der Waals surface area contributed by atoms with Crippen molar-refractivity contribution >= 4 is 12.0 Å². The standard InChI is InChI=1S/C13H10F3N3O2/c14-13(15,16)9-3-1-2-8(6-9)11-18-7-10(17)12(21)19(11)4-5-20/h1-3,5-7H,4,17H2. The SMILES string of the molecule is Nc1cnc(-c2cccc(C(F)(F)F)c2)n(CC=O)c1=O. The molecule has 0 aliphatic rings. The lowest BCUT2D eigenvalue weighted by molar-refractivity contribution is -0.137. The summed E-state index contributed by atoms with van der Waals surface area (Å²) in [5.74, 6) is -0.0487. The molecule has 1 aromatic carbocycles. The van der Waals surface area contributed by atoms with Gasteiger partial charge in [-0.15, -0.1) is 0 Å². The summed E-state index contributed by atoms with van der Waals surface area (Å²) in [6, 6.07) is 4.34. The number of benzene rings is 1. The summed E-state index contributed by atoms with van der Waals surface area (Å²) in [5, 5.41) is 0. The van der Waals surface area contributed by atoms with Gasteiger partial charge in [0.15, 0.2) is 0 Å². The second-order valence-corrected chi connectivity index (χ2v) is 4.20. The van der Waals surface area contributed by atoms with Crippen molar-refractivity contribution in [3.05, 3.63) is 46.4 Å². The van der Waals surface area contributed by atoms with E-state index in [1.165, 1.54) is 12.1 Å². The highest BCUT2D eigenvalue weighted by Gasteiger charge is 2.30. The summed E-state index contributed by atoms with van der Waals surface area (Å²) in [6.07, 6.45) is -3.02. The zero-order valence-electron chi connectivity index (χ0n) is 10.6. The average Bonchev–Trinajstić information content (AvgIpc) is 2.43. The zero-order valence-corrected chi connectivity index (χ0v) is 10.6. The van der Waals surface area contributed by atoms with Crippen LogP contribution in [0.4, 0.5) is 18.9 Å².